The maximum atomic E-state index is 11.4. The van der Waals surface area contributed by atoms with Crippen LogP contribution in [0, 0.1) is 0 Å². The van der Waals surface area contributed by atoms with E-state index in [2.05, 4.69) is 5.32 Å². The summed E-state index contributed by atoms with van der Waals surface area (Å²) in [5.74, 6) is -0.398. The van der Waals surface area contributed by atoms with E-state index < -0.39 is 0 Å². The molecule has 5 nitrogen and oxygen atoms in total. The maximum absolute atomic E-state index is 11.4. The van der Waals surface area contributed by atoms with E-state index in [4.69, 9.17) is 5.11 Å². The van der Waals surface area contributed by atoms with Crippen LogP contribution in [0.2, 0.25) is 0 Å². The predicted octanol–water partition coefficient (Wildman–Crippen LogP) is 1.08. The van der Waals surface area contributed by atoms with Crippen molar-refractivity contribution in [1.82, 2.24) is 4.90 Å². The van der Waals surface area contributed by atoms with E-state index in [-0.39, 0.29) is 24.1 Å². The molecule has 0 unspecified atom stereocenters. The lowest BCUT2D eigenvalue weighted by molar-refractivity contribution is -0.138. The van der Waals surface area contributed by atoms with Gasteiger partial charge in [0.05, 0.1) is 6.54 Å². The molecule has 1 aromatic rings. The van der Waals surface area contributed by atoms with Crippen LogP contribution < -0.4 is 5.32 Å². The second-order valence-electron chi connectivity index (χ2n) is 3.78. The number of imide groups is 1. The predicted molar refractivity (Wildman–Crippen MR) is 62.2 cm³/mol. The van der Waals surface area contributed by atoms with E-state index >= 15 is 0 Å². The highest BCUT2D eigenvalue weighted by atomic mass is 16.3. The van der Waals surface area contributed by atoms with E-state index in [1.54, 1.807) is 24.3 Å². The summed E-state index contributed by atoms with van der Waals surface area (Å²) < 4.78 is 0. The highest BCUT2D eigenvalue weighted by Gasteiger charge is 2.24. The molecule has 0 bridgehead atoms. The van der Waals surface area contributed by atoms with Gasteiger partial charge in [-0.05, 0) is 24.3 Å². The molecular weight excluding hydrogens is 220 g/mol. The fourth-order valence-electron chi connectivity index (χ4n) is 1.59. The Kier molecular flexibility index (Phi) is 2.82. The van der Waals surface area contributed by atoms with Crippen molar-refractivity contribution >= 4 is 17.5 Å². The summed E-state index contributed by atoms with van der Waals surface area (Å²) in [6.07, 6.45) is 1.40. The van der Waals surface area contributed by atoms with E-state index in [1.807, 2.05) is 0 Å². The number of carbonyl (C=O) groups excluding carboxylic acids is 2. The number of hydrogen-bond acceptors (Lipinski definition) is 4. The van der Waals surface area contributed by atoms with E-state index in [0.717, 1.165) is 10.6 Å². The first-order chi connectivity index (χ1) is 8.06. The Morgan fingerprint density at radius 3 is 2.53 bits per heavy atom. The summed E-state index contributed by atoms with van der Waals surface area (Å²) in [6.45, 7) is 1.62. The third-order valence-corrected chi connectivity index (χ3v) is 2.44. The first kappa shape index (κ1) is 11.2. The van der Waals surface area contributed by atoms with Crippen LogP contribution in [0.25, 0.3) is 0 Å². The molecule has 0 spiro atoms. The minimum absolute atomic E-state index is 0.178. The van der Waals surface area contributed by atoms with Gasteiger partial charge in [-0.25, -0.2) is 0 Å². The molecule has 0 aliphatic carbocycles. The Labute approximate surface area is 98.4 Å². The molecule has 1 aromatic carbocycles. The fraction of sp³-hybridized carbons (Fsp3) is 0.167. The molecule has 0 aromatic heterocycles. The molecule has 0 radical (unpaired) electrons. The molecule has 0 fully saturated rings. The minimum atomic E-state index is -0.307. The lowest BCUT2D eigenvalue weighted by Crippen LogP contribution is -2.31. The molecule has 0 saturated heterocycles. The van der Waals surface area contributed by atoms with Crippen LogP contribution >= 0.6 is 0 Å². The normalized spacial score (nSPS) is 14.8. The van der Waals surface area contributed by atoms with Crippen molar-refractivity contribution < 1.29 is 14.7 Å². The fourth-order valence-corrected chi connectivity index (χ4v) is 1.59. The average molecular weight is 232 g/mol. The van der Waals surface area contributed by atoms with Crippen molar-refractivity contribution in [3.8, 4) is 5.75 Å². The lowest BCUT2D eigenvalue weighted by Gasteiger charge is -2.12. The molecule has 1 aliphatic rings. The zero-order chi connectivity index (χ0) is 12.4. The number of carbonyl (C=O) groups is 2. The van der Waals surface area contributed by atoms with Gasteiger partial charge >= 0.3 is 0 Å². The number of rotatable bonds is 2. The van der Waals surface area contributed by atoms with Crippen LogP contribution in [0.3, 0.4) is 0 Å². The number of aromatic hydroxyl groups is 1. The largest absolute Gasteiger partial charge is 0.508 e. The van der Waals surface area contributed by atoms with Crippen LogP contribution in [0.4, 0.5) is 5.69 Å². The third-order valence-electron chi connectivity index (χ3n) is 2.44. The van der Waals surface area contributed by atoms with Gasteiger partial charge in [0.1, 0.15) is 5.75 Å². The number of amides is 2. The molecule has 17 heavy (non-hydrogen) atoms. The molecular formula is C12H12N2O3. The van der Waals surface area contributed by atoms with Crippen molar-refractivity contribution in [2.45, 2.75) is 6.92 Å². The Hall–Kier alpha value is -2.30. The standard InChI is InChI=1S/C12H12N2O3/c1-8(15)14-7-10(6-12(14)17)13-9-2-4-11(16)5-3-9/h2-6,13,16H,7H2,1H3. The first-order valence-corrected chi connectivity index (χ1v) is 5.15. The van der Waals surface area contributed by atoms with Gasteiger partial charge in [0.15, 0.2) is 0 Å². The van der Waals surface area contributed by atoms with Gasteiger partial charge in [-0.3, -0.25) is 14.5 Å². The van der Waals surface area contributed by atoms with Crippen LogP contribution in [-0.4, -0.2) is 28.4 Å². The number of nitrogens with one attached hydrogen (secondary N) is 1. The minimum Gasteiger partial charge on any atom is -0.508 e. The van der Waals surface area contributed by atoms with Gasteiger partial charge in [-0.15, -0.1) is 0 Å². The number of phenolic OH excluding ortho intramolecular Hbond substituents is 1. The summed E-state index contributed by atoms with van der Waals surface area (Å²) in [6, 6.07) is 6.47. The van der Waals surface area contributed by atoms with E-state index in [1.165, 1.54) is 13.0 Å². The van der Waals surface area contributed by atoms with Crippen LogP contribution in [0.5, 0.6) is 5.75 Å². The van der Waals surface area contributed by atoms with Gasteiger partial charge < -0.3 is 10.4 Å². The Balaban J connectivity index is 2.06. The Morgan fingerprint density at radius 1 is 1.35 bits per heavy atom. The van der Waals surface area contributed by atoms with Crippen LogP contribution in [0.1, 0.15) is 6.92 Å². The van der Waals surface area contributed by atoms with Gasteiger partial charge in [0.2, 0.25) is 5.91 Å². The molecule has 2 rings (SSSR count). The first-order valence-electron chi connectivity index (χ1n) is 5.15. The highest BCUT2D eigenvalue weighted by Crippen LogP contribution is 2.18. The monoisotopic (exact) mass is 232 g/mol. The zero-order valence-corrected chi connectivity index (χ0v) is 9.30. The van der Waals surface area contributed by atoms with E-state index in [9.17, 15) is 9.59 Å². The number of hydrogen-bond donors (Lipinski definition) is 2. The molecule has 2 N–H and O–H groups in total. The SMILES string of the molecule is CC(=O)N1CC(Nc2ccc(O)cc2)=CC1=O. The van der Waals surface area contributed by atoms with Gasteiger partial charge in [0.25, 0.3) is 5.91 Å². The smallest absolute Gasteiger partial charge is 0.255 e. The summed E-state index contributed by atoms with van der Waals surface area (Å²) in [7, 11) is 0. The second-order valence-corrected chi connectivity index (χ2v) is 3.78. The molecule has 1 heterocycles. The maximum Gasteiger partial charge on any atom is 0.255 e. The third kappa shape index (κ3) is 2.44. The molecule has 0 atom stereocenters. The van der Waals surface area contributed by atoms with Crippen LogP contribution in [-0.2, 0) is 9.59 Å². The summed E-state index contributed by atoms with van der Waals surface area (Å²) >= 11 is 0. The Morgan fingerprint density at radius 2 is 2.00 bits per heavy atom. The van der Waals surface area contributed by atoms with Crippen molar-refractivity contribution in [3.05, 3.63) is 36.0 Å². The molecule has 88 valence electrons. The van der Waals surface area contributed by atoms with Crippen molar-refractivity contribution in [1.29, 1.82) is 0 Å². The number of phenols is 1. The number of benzene rings is 1. The summed E-state index contributed by atoms with van der Waals surface area (Å²) in [5, 5.41) is 12.1. The van der Waals surface area contributed by atoms with E-state index in [0.29, 0.717) is 5.70 Å². The summed E-state index contributed by atoms with van der Waals surface area (Å²) in [5.41, 5.74) is 1.42. The van der Waals surface area contributed by atoms with Gasteiger partial charge in [-0.2, -0.15) is 0 Å². The average Bonchev–Trinajstić information content (AvgIpc) is 2.63. The summed E-state index contributed by atoms with van der Waals surface area (Å²) in [4.78, 5) is 23.7. The molecule has 2 amide bonds. The van der Waals surface area contributed by atoms with Gasteiger partial charge in [-0.1, -0.05) is 0 Å². The molecule has 0 saturated carbocycles. The molecule has 1 aliphatic heterocycles. The number of nitrogens with zero attached hydrogens (tertiary/aromatic N) is 1. The Bertz CT molecular complexity index is 491. The van der Waals surface area contributed by atoms with Crippen molar-refractivity contribution in [2.24, 2.45) is 0 Å². The lowest BCUT2D eigenvalue weighted by atomic mass is 10.3. The zero-order valence-electron chi connectivity index (χ0n) is 9.30. The number of anilines is 1. The topological polar surface area (TPSA) is 69.6 Å². The second kappa shape index (κ2) is 4.29. The van der Waals surface area contributed by atoms with Crippen LogP contribution in [0.15, 0.2) is 36.0 Å². The van der Waals surface area contributed by atoms with Crippen molar-refractivity contribution in [3.63, 3.8) is 0 Å². The molecule has 5 heteroatoms. The highest BCUT2D eigenvalue weighted by molar-refractivity contribution is 6.03. The quantitative estimate of drug-likeness (QED) is 0.748. The van der Waals surface area contributed by atoms with Crippen molar-refractivity contribution in [2.75, 3.05) is 11.9 Å². The van der Waals surface area contributed by atoms with Gasteiger partial charge in [0, 0.05) is 24.4 Å².